The molecule has 2 nitrogen and oxygen atoms in total. The average Bonchev–Trinajstić information content (AvgIpc) is 2.29. The van der Waals surface area contributed by atoms with Crippen LogP contribution in [0.25, 0.3) is 0 Å². The first-order valence-electron chi connectivity index (χ1n) is 5.49. The van der Waals surface area contributed by atoms with E-state index in [4.69, 9.17) is 0 Å². The van der Waals surface area contributed by atoms with Gasteiger partial charge in [0.2, 0.25) is 0 Å². The molecule has 1 aromatic carbocycles. The van der Waals surface area contributed by atoms with Crippen molar-refractivity contribution in [3.05, 3.63) is 63.9 Å². The van der Waals surface area contributed by atoms with E-state index in [9.17, 15) is 5.11 Å². The predicted molar refractivity (Wildman–Crippen MR) is 71.8 cm³/mol. The van der Waals surface area contributed by atoms with Crippen LogP contribution in [0.5, 0.6) is 0 Å². The maximum Gasteiger partial charge on any atom is 0.0845 e. The van der Waals surface area contributed by atoms with Crippen LogP contribution in [0.4, 0.5) is 0 Å². The summed E-state index contributed by atoms with van der Waals surface area (Å²) >= 11 is 3.43. The first kappa shape index (κ1) is 12.3. The minimum absolute atomic E-state index is 0.503. The smallest absolute Gasteiger partial charge is 0.0845 e. The van der Waals surface area contributed by atoms with Gasteiger partial charge in [-0.25, -0.2) is 0 Å². The van der Waals surface area contributed by atoms with Crippen LogP contribution in [0.2, 0.25) is 0 Å². The monoisotopic (exact) mass is 291 g/mol. The lowest BCUT2D eigenvalue weighted by molar-refractivity contribution is 0.178. The fourth-order valence-electron chi connectivity index (χ4n) is 1.77. The molecule has 0 saturated heterocycles. The number of halogens is 1. The summed E-state index contributed by atoms with van der Waals surface area (Å²) in [5.41, 5.74) is 3.04. The summed E-state index contributed by atoms with van der Waals surface area (Å²) in [4.78, 5) is 4.10. The highest BCUT2D eigenvalue weighted by molar-refractivity contribution is 9.10. The molecule has 0 spiro atoms. The van der Waals surface area contributed by atoms with Gasteiger partial charge in [-0.2, -0.15) is 0 Å². The fraction of sp³-hybridized carbons (Fsp3) is 0.214. The molecule has 0 amide bonds. The number of aliphatic hydroxyl groups excluding tert-OH is 1. The zero-order valence-corrected chi connectivity index (χ0v) is 11.2. The molecule has 2 aromatic rings. The van der Waals surface area contributed by atoms with Crippen molar-refractivity contribution in [2.75, 3.05) is 0 Å². The highest BCUT2D eigenvalue weighted by atomic mass is 79.9. The molecule has 3 heteroatoms. The van der Waals surface area contributed by atoms with Crippen LogP contribution in [-0.2, 0) is 6.42 Å². The van der Waals surface area contributed by atoms with Gasteiger partial charge in [0, 0.05) is 23.3 Å². The van der Waals surface area contributed by atoms with Gasteiger partial charge in [0.1, 0.15) is 0 Å². The number of benzene rings is 1. The lowest BCUT2D eigenvalue weighted by Gasteiger charge is -2.11. The summed E-state index contributed by atoms with van der Waals surface area (Å²) in [5, 5.41) is 10.1. The minimum atomic E-state index is -0.503. The quantitative estimate of drug-likeness (QED) is 0.940. The highest BCUT2D eigenvalue weighted by Gasteiger charge is 2.09. The Bertz CT molecular complexity index is 513. The summed E-state index contributed by atoms with van der Waals surface area (Å²) in [6.45, 7) is 1.97. The summed E-state index contributed by atoms with van der Waals surface area (Å²) in [6.07, 6.45) is 3.60. The van der Waals surface area contributed by atoms with Gasteiger partial charge in [-0.1, -0.05) is 34.1 Å². The zero-order valence-electron chi connectivity index (χ0n) is 9.60. The first-order chi connectivity index (χ1) is 8.15. The molecule has 0 radical (unpaired) electrons. The van der Waals surface area contributed by atoms with Crippen molar-refractivity contribution >= 4 is 15.9 Å². The van der Waals surface area contributed by atoms with Gasteiger partial charge in [0.15, 0.2) is 0 Å². The maximum atomic E-state index is 10.1. The molecule has 1 atom stereocenters. The molecule has 88 valence electrons. The molecule has 0 aliphatic rings. The van der Waals surface area contributed by atoms with E-state index >= 15 is 0 Å². The average molecular weight is 292 g/mol. The molecule has 1 aromatic heterocycles. The minimum Gasteiger partial charge on any atom is -0.388 e. The number of nitrogens with zero attached hydrogens (tertiary/aromatic N) is 1. The Hall–Kier alpha value is -1.19. The van der Waals surface area contributed by atoms with Gasteiger partial charge < -0.3 is 5.11 Å². The molecule has 0 aliphatic carbocycles. The molecule has 2 rings (SSSR count). The summed E-state index contributed by atoms with van der Waals surface area (Å²) < 4.78 is 1.03. The SMILES string of the molecule is Cc1cncc(C(O)Cc2cccc(Br)c2)c1. The molecule has 0 fully saturated rings. The Morgan fingerprint density at radius 3 is 2.82 bits per heavy atom. The van der Waals surface area contributed by atoms with E-state index in [0.717, 1.165) is 21.2 Å². The summed E-state index contributed by atoms with van der Waals surface area (Å²) in [7, 11) is 0. The second-order valence-corrected chi connectivity index (χ2v) is 5.06. The van der Waals surface area contributed by atoms with Gasteiger partial charge in [-0.3, -0.25) is 4.98 Å². The Morgan fingerprint density at radius 2 is 2.12 bits per heavy atom. The third-order valence-corrected chi connectivity index (χ3v) is 3.09. The second kappa shape index (κ2) is 5.43. The topological polar surface area (TPSA) is 33.1 Å². The maximum absolute atomic E-state index is 10.1. The number of pyridine rings is 1. The van der Waals surface area contributed by atoms with Gasteiger partial charge in [0.05, 0.1) is 6.10 Å². The van der Waals surface area contributed by atoms with Crippen molar-refractivity contribution in [2.45, 2.75) is 19.4 Å². The molecular weight excluding hydrogens is 278 g/mol. The van der Waals surface area contributed by atoms with Gasteiger partial charge in [0.25, 0.3) is 0 Å². The number of hydrogen-bond acceptors (Lipinski definition) is 2. The van der Waals surface area contributed by atoms with Crippen molar-refractivity contribution in [3.63, 3.8) is 0 Å². The number of aliphatic hydroxyl groups is 1. The van der Waals surface area contributed by atoms with E-state index in [1.165, 1.54) is 0 Å². The third kappa shape index (κ3) is 3.38. The Balaban J connectivity index is 2.14. The second-order valence-electron chi connectivity index (χ2n) is 4.15. The molecule has 1 heterocycles. The predicted octanol–water partition coefficient (Wildman–Crippen LogP) is 3.43. The Kier molecular flexibility index (Phi) is 3.92. The van der Waals surface area contributed by atoms with Gasteiger partial charge in [-0.15, -0.1) is 0 Å². The summed E-state index contributed by atoms with van der Waals surface area (Å²) in [5.74, 6) is 0. The van der Waals surface area contributed by atoms with Crippen LogP contribution in [0, 0.1) is 6.92 Å². The van der Waals surface area contributed by atoms with E-state index < -0.39 is 6.10 Å². The molecule has 0 saturated carbocycles. The lowest BCUT2D eigenvalue weighted by atomic mass is 10.0. The van der Waals surface area contributed by atoms with E-state index in [2.05, 4.69) is 20.9 Å². The first-order valence-corrected chi connectivity index (χ1v) is 6.28. The van der Waals surface area contributed by atoms with E-state index in [1.54, 1.807) is 12.4 Å². The normalized spacial score (nSPS) is 12.4. The van der Waals surface area contributed by atoms with Crippen LogP contribution in [0.15, 0.2) is 47.2 Å². The number of aromatic nitrogens is 1. The van der Waals surface area contributed by atoms with Crippen molar-refractivity contribution in [2.24, 2.45) is 0 Å². The number of aryl methyl sites for hydroxylation is 1. The van der Waals surface area contributed by atoms with Crippen LogP contribution < -0.4 is 0 Å². The largest absolute Gasteiger partial charge is 0.388 e. The van der Waals surface area contributed by atoms with Crippen molar-refractivity contribution in [1.82, 2.24) is 4.98 Å². The molecular formula is C14H14BrNO. The molecule has 1 unspecified atom stereocenters. The fourth-order valence-corrected chi connectivity index (χ4v) is 2.21. The standard InChI is InChI=1S/C14H14BrNO/c1-10-5-12(9-16-8-10)14(17)7-11-3-2-4-13(15)6-11/h2-6,8-9,14,17H,7H2,1H3. The Labute approximate surface area is 109 Å². The van der Waals surface area contributed by atoms with Crippen molar-refractivity contribution in [1.29, 1.82) is 0 Å². The van der Waals surface area contributed by atoms with E-state index in [0.29, 0.717) is 6.42 Å². The van der Waals surface area contributed by atoms with E-state index in [1.807, 2.05) is 37.3 Å². The van der Waals surface area contributed by atoms with Crippen LogP contribution in [-0.4, -0.2) is 10.1 Å². The van der Waals surface area contributed by atoms with E-state index in [-0.39, 0.29) is 0 Å². The molecule has 17 heavy (non-hydrogen) atoms. The van der Waals surface area contributed by atoms with Crippen molar-refractivity contribution < 1.29 is 5.11 Å². The van der Waals surface area contributed by atoms with Crippen LogP contribution in [0.3, 0.4) is 0 Å². The lowest BCUT2D eigenvalue weighted by Crippen LogP contribution is -2.02. The summed E-state index contributed by atoms with van der Waals surface area (Å²) in [6, 6.07) is 9.95. The molecule has 0 aliphatic heterocycles. The highest BCUT2D eigenvalue weighted by Crippen LogP contribution is 2.20. The molecule has 1 N–H and O–H groups in total. The van der Waals surface area contributed by atoms with Gasteiger partial charge in [-0.05, 0) is 35.7 Å². The van der Waals surface area contributed by atoms with Crippen LogP contribution >= 0.6 is 15.9 Å². The van der Waals surface area contributed by atoms with Crippen LogP contribution in [0.1, 0.15) is 22.8 Å². The third-order valence-electron chi connectivity index (χ3n) is 2.60. The Morgan fingerprint density at radius 1 is 1.29 bits per heavy atom. The van der Waals surface area contributed by atoms with Crippen molar-refractivity contribution in [3.8, 4) is 0 Å². The zero-order chi connectivity index (χ0) is 12.3. The number of hydrogen-bond donors (Lipinski definition) is 1. The molecule has 0 bridgehead atoms. The number of rotatable bonds is 3. The van der Waals surface area contributed by atoms with Gasteiger partial charge >= 0.3 is 0 Å².